The Kier molecular flexibility index (Phi) is 5.84. The average Bonchev–Trinajstić information content (AvgIpc) is 2.51. The summed E-state index contributed by atoms with van der Waals surface area (Å²) in [6.45, 7) is 0.927. The normalized spacial score (nSPS) is 11.1. The van der Waals surface area contributed by atoms with Crippen LogP contribution in [0.2, 0.25) is 0 Å². The fourth-order valence-electron chi connectivity index (χ4n) is 2.05. The van der Waals surface area contributed by atoms with Crippen LogP contribution in [0, 0.1) is 0 Å². The second-order valence-corrected chi connectivity index (χ2v) is 4.91. The monoisotopic (exact) mass is 285 g/mol. The number of carbonyl (C=O) groups excluding carboxylic acids is 1. The van der Waals surface area contributed by atoms with Crippen LogP contribution in [0.4, 0.5) is 0 Å². The Balaban J connectivity index is 1.83. The first-order chi connectivity index (χ1) is 10.3. The van der Waals surface area contributed by atoms with Crippen molar-refractivity contribution in [1.29, 1.82) is 0 Å². The van der Waals surface area contributed by atoms with Crippen molar-refractivity contribution in [3.8, 4) is 0 Å². The molecule has 0 fully saturated rings. The Morgan fingerprint density at radius 3 is 3.05 bits per heavy atom. The number of aromatic nitrogens is 1. The molecule has 0 atom stereocenters. The van der Waals surface area contributed by atoms with Gasteiger partial charge in [-0.05, 0) is 43.0 Å². The van der Waals surface area contributed by atoms with Gasteiger partial charge in [-0.25, -0.2) is 5.43 Å². The predicted octanol–water partition coefficient (Wildman–Crippen LogP) is 1.49. The molecule has 0 radical (unpaired) electrons. The molecule has 2 aromatic rings. The molecule has 0 unspecified atom stereocenters. The van der Waals surface area contributed by atoms with Gasteiger partial charge in [0.1, 0.15) is 0 Å². The zero-order valence-corrected chi connectivity index (χ0v) is 12.1. The van der Waals surface area contributed by atoms with Crippen molar-refractivity contribution in [3.05, 3.63) is 42.1 Å². The predicted molar refractivity (Wildman–Crippen MR) is 83.7 cm³/mol. The van der Waals surface area contributed by atoms with E-state index >= 15 is 0 Å². The number of nitrogens with zero attached hydrogens (tertiary/aromatic N) is 2. The molecular weight excluding hydrogens is 264 g/mol. The van der Waals surface area contributed by atoms with Crippen LogP contribution in [0.3, 0.4) is 0 Å². The smallest absolute Gasteiger partial charge is 0.240 e. The molecule has 5 nitrogen and oxygen atoms in total. The summed E-state index contributed by atoms with van der Waals surface area (Å²) in [6, 6.07) is 9.76. The van der Waals surface area contributed by atoms with E-state index in [2.05, 4.69) is 21.2 Å². The fraction of sp³-hybridized carbons (Fsp3) is 0.312. The van der Waals surface area contributed by atoms with Crippen molar-refractivity contribution < 1.29 is 10.5 Å². The summed E-state index contributed by atoms with van der Waals surface area (Å²) in [5, 5.41) is 5.05. The molecule has 2 rings (SSSR count). The molecule has 1 heterocycles. The third kappa shape index (κ3) is 4.96. The Hall–Kier alpha value is -2.27. The van der Waals surface area contributed by atoms with Gasteiger partial charge in [-0.3, -0.25) is 9.78 Å². The minimum atomic E-state index is -0.0437. The SMILES string of the molecule is [NH3+]CCCCCC(=O)N/N=C\c1ccc2ncccc2c1. The lowest BCUT2D eigenvalue weighted by molar-refractivity contribution is -0.368. The van der Waals surface area contributed by atoms with E-state index in [0.29, 0.717) is 6.42 Å². The van der Waals surface area contributed by atoms with Gasteiger partial charge in [0.25, 0.3) is 0 Å². The Morgan fingerprint density at radius 1 is 1.29 bits per heavy atom. The largest absolute Gasteiger partial charge is 0.358 e. The molecule has 21 heavy (non-hydrogen) atoms. The number of nitrogens with one attached hydrogen (secondary N) is 1. The van der Waals surface area contributed by atoms with Gasteiger partial charge >= 0.3 is 0 Å². The number of hydrogen-bond acceptors (Lipinski definition) is 3. The highest BCUT2D eigenvalue weighted by molar-refractivity contribution is 5.89. The van der Waals surface area contributed by atoms with Gasteiger partial charge < -0.3 is 5.73 Å². The second-order valence-electron chi connectivity index (χ2n) is 4.91. The number of carbonyl (C=O) groups is 1. The molecule has 0 spiro atoms. The number of amides is 1. The maximum absolute atomic E-state index is 11.6. The van der Waals surface area contributed by atoms with Crippen molar-refractivity contribution >= 4 is 23.0 Å². The summed E-state index contributed by atoms with van der Waals surface area (Å²) in [5.74, 6) is -0.0437. The number of hydrogen-bond donors (Lipinski definition) is 2. The molecule has 0 saturated carbocycles. The lowest BCUT2D eigenvalue weighted by Crippen LogP contribution is -2.50. The van der Waals surface area contributed by atoms with Crippen LogP contribution < -0.4 is 11.2 Å². The zero-order chi connectivity index (χ0) is 14.9. The number of rotatable bonds is 7. The maximum atomic E-state index is 11.6. The molecule has 1 aromatic carbocycles. The molecule has 0 aliphatic carbocycles. The Bertz CT molecular complexity index is 624. The standard InChI is InChI=1S/C16H20N4O/c17-9-3-1-2-6-16(21)20-19-12-13-7-8-15-14(11-13)5-4-10-18-15/h4-5,7-8,10-12H,1-3,6,9,17H2,(H,20,21)/p+1/b19-12-. The van der Waals surface area contributed by atoms with Gasteiger partial charge in [0.15, 0.2) is 0 Å². The number of hydrazone groups is 1. The number of quaternary nitrogens is 1. The molecule has 0 bridgehead atoms. The third-order valence-corrected chi connectivity index (χ3v) is 3.18. The van der Waals surface area contributed by atoms with Gasteiger partial charge in [-0.15, -0.1) is 0 Å². The van der Waals surface area contributed by atoms with Crippen LogP contribution in [0.1, 0.15) is 31.2 Å². The van der Waals surface area contributed by atoms with Crippen molar-refractivity contribution in [2.45, 2.75) is 25.7 Å². The minimum absolute atomic E-state index is 0.0437. The minimum Gasteiger partial charge on any atom is -0.358 e. The number of unbranched alkanes of at least 4 members (excludes halogenated alkanes) is 2. The van der Waals surface area contributed by atoms with Gasteiger partial charge in [-0.2, -0.15) is 5.10 Å². The highest BCUT2D eigenvalue weighted by Gasteiger charge is 1.99. The van der Waals surface area contributed by atoms with Crippen LogP contribution >= 0.6 is 0 Å². The molecule has 0 aliphatic rings. The Morgan fingerprint density at radius 2 is 2.19 bits per heavy atom. The van der Waals surface area contributed by atoms with E-state index in [0.717, 1.165) is 42.3 Å². The van der Waals surface area contributed by atoms with Crippen LogP contribution in [0.5, 0.6) is 0 Å². The van der Waals surface area contributed by atoms with Gasteiger partial charge in [-0.1, -0.05) is 12.1 Å². The first-order valence-corrected chi connectivity index (χ1v) is 7.25. The van der Waals surface area contributed by atoms with Crippen molar-refractivity contribution in [2.24, 2.45) is 5.10 Å². The summed E-state index contributed by atoms with van der Waals surface area (Å²) in [6.07, 6.45) is 6.93. The van der Waals surface area contributed by atoms with Crippen LogP contribution in [0.15, 0.2) is 41.6 Å². The van der Waals surface area contributed by atoms with E-state index in [1.165, 1.54) is 0 Å². The van der Waals surface area contributed by atoms with Crippen LogP contribution in [-0.2, 0) is 4.79 Å². The lowest BCUT2D eigenvalue weighted by Gasteiger charge is -2.00. The highest BCUT2D eigenvalue weighted by Crippen LogP contribution is 2.11. The van der Waals surface area contributed by atoms with E-state index in [4.69, 9.17) is 0 Å². The van der Waals surface area contributed by atoms with E-state index in [9.17, 15) is 4.79 Å². The van der Waals surface area contributed by atoms with Crippen molar-refractivity contribution in [1.82, 2.24) is 10.4 Å². The van der Waals surface area contributed by atoms with Gasteiger partial charge in [0.05, 0.1) is 18.3 Å². The van der Waals surface area contributed by atoms with Crippen LogP contribution in [0.25, 0.3) is 10.9 Å². The number of fused-ring (bicyclic) bond motifs is 1. The highest BCUT2D eigenvalue weighted by atomic mass is 16.2. The number of benzene rings is 1. The summed E-state index contributed by atoms with van der Waals surface area (Å²) < 4.78 is 0. The first kappa shape index (κ1) is 15.1. The summed E-state index contributed by atoms with van der Waals surface area (Å²) >= 11 is 0. The molecule has 1 amide bonds. The number of pyridine rings is 1. The van der Waals surface area contributed by atoms with E-state index < -0.39 is 0 Å². The molecule has 0 aliphatic heterocycles. The molecule has 110 valence electrons. The third-order valence-electron chi connectivity index (χ3n) is 3.18. The van der Waals surface area contributed by atoms with E-state index in [1.807, 2.05) is 30.3 Å². The van der Waals surface area contributed by atoms with Crippen molar-refractivity contribution in [3.63, 3.8) is 0 Å². The van der Waals surface area contributed by atoms with E-state index in [1.54, 1.807) is 12.4 Å². The Labute approximate surface area is 124 Å². The quantitative estimate of drug-likeness (QED) is 0.459. The summed E-state index contributed by atoms with van der Waals surface area (Å²) in [7, 11) is 0. The average molecular weight is 285 g/mol. The first-order valence-electron chi connectivity index (χ1n) is 7.25. The maximum Gasteiger partial charge on any atom is 0.240 e. The van der Waals surface area contributed by atoms with Crippen LogP contribution in [-0.4, -0.2) is 23.7 Å². The second kappa shape index (κ2) is 8.11. The fourth-order valence-corrected chi connectivity index (χ4v) is 2.05. The zero-order valence-electron chi connectivity index (χ0n) is 12.1. The summed E-state index contributed by atoms with van der Waals surface area (Å²) in [4.78, 5) is 15.8. The van der Waals surface area contributed by atoms with Gasteiger partial charge in [0, 0.05) is 18.0 Å². The van der Waals surface area contributed by atoms with Crippen molar-refractivity contribution in [2.75, 3.05) is 6.54 Å². The molecular formula is C16H21N4O+. The summed E-state index contributed by atoms with van der Waals surface area (Å²) in [5.41, 5.74) is 8.22. The molecule has 1 aromatic heterocycles. The molecule has 4 N–H and O–H groups in total. The topological polar surface area (TPSA) is 82.0 Å². The lowest BCUT2D eigenvalue weighted by atomic mass is 10.1. The molecule has 0 saturated heterocycles. The van der Waals surface area contributed by atoms with Gasteiger partial charge in [0.2, 0.25) is 5.91 Å². The van der Waals surface area contributed by atoms with E-state index in [-0.39, 0.29) is 5.91 Å². The molecule has 5 heteroatoms.